The fourth-order valence-corrected chi connectivity index (χ4v) is 10.8. The van der Waals surface area contributed by atoms with Crippen molar-refractivity contribution < 1.29 is 29.0 Å². The van der Waals surface area contributed by atoms with Crippen LogP contribution in [0.15, 0.2) is 66.3 Å². The lowest BCUT2D eigenvalue weighted by molar-refractivity contribution is -0.144. The highest BCUT2D eigenvalue weighted by atomic mass is 35.5. The van der Waals surface area contributed by atoms with Gasteiger partial charge in [-0.25, -0.2) is 9.97 Å². The number of nitrogens with zero attached hydrogens (tertiary/aromatic N) is 6. The van der Waals surface area contributed by atoms with Crippen LogP contribution in [0.25, 0.3) is 10.4 Å². The number of hydrogen-bond acceptors (Lipinski definition) is 12. The monoisotopic (exact) mass is 949 g/mol. The van der Waals surface area contributed by atoms with Crippen LogP contribution in [0.3, 0.4) is 0 Å². The normalized spacial score (nSPS) is 23.3. The third kappa shape index (κ3) is 11.1. The summed E-state index contributed by atoms with van der Waals surface area (Å²) in [7, 11) is 0. The van der Waals surface area contributed by atoms with E-state index in [-0.39, 0.29) is 61.2 Å². The Morgan fingerprint density at radius 1 is 0.970 bits per heavy atom. The summed E-state index contributed by atoms with van der Waals surface area (Å²) < 4.78 is 5.96. The van der Waals surface area contributed by atoms with Crippen molar-refractivity contribution in [1.29, 1.82) is 5.26 Å². The van der Waals surface area contributed by atoms with Gasteiger partial charge in [-0.1, -0.05) is 56.6 Å². The summed E-state index contributed by atoms with van der Waals surface area (Å²) in [5, 5.41) is 29.2. The Hall–Kier alpha value is -5.60. The summed E-state index contributed by atoms with van der Waals surface area (Å²) in [6.07, 6.45) is 5.01. The van der Waals surface area contributed by atoms with Crippen LogP contribution in [0, 0.1) is 23.7 Å². The highest BCUT2D eigenvalue weighted by molar-refractivity contribution is 7.13. The number of pyridine rings is 1. The topological polar surface area (TPSA) is 193 Å². The molecule has 0 unspecified atom stereocenters. The Labute approximate surface area is 401 Å². The van der Waals surface area contributed by atoms with Crippen LogP contribution in [-0.2, 0) is 14.4 Å². The molecule has 1 saturated carbocycles. The number of anilines is 1. The summed E-state index contributed by atoms with van der Waals surface area (Å²) in [6.45, 7) is 12.2. The maximum atomic E-state index is 14.2. The predicted octanol–water partition coefficient (Wildman–Crippen LogP) is 6.18. The summed E-state index contributed by atoms with van der Waals surface area (Å²) in [6, 6.07) is 17.4. The molecule has 2 aromatic carbocycles. The number of unbranched alkanes of at least 4 members (excludes halogenated alkanes) is 1. The molecular formula is C50H60ClN9O6S. The van der Waals surface area contributed by atoms with Gasteiger partial charge in [0.1, 0.15) is 35.8 Å². The maximum absolute atomic E-state index is 14.2. The first-order valence-electron chi connectivity index (χ1n) is 23.3. The van der Waals surface area contributed by atoms with Gasteiger partial charge in [-0.05, 0) is 80.5 Å². The molecule has 4 fully saturated rings. The van der Waals surface area contributed by atoms with E-state index < -0.39 is 23.6 Å². The minimum atomic E-state index is -0.878. The molecule has 4 aromatic rings. The van der Waals surface area contributed by atoms with Gasteiger partial charge in [0, 0.05) is 75.7 Å². The highest BCUT2D eigenvalue weighted by Crippen LogP contribution is 2.35. The molecule has 3 aliphatic heterocycles. The fraction of sp³-hybridized carbons (Fsp3) is 0.500. The summed E-state index contributed by atoms with van der Waals surface area (Å²) >= 11 is 7.71. The Morgan fingerprint density at radius 2 is 1.75 bits per heavy atom. The van der Waals surface area contributed by atoms with Crippen molar-refractivity contribution in [1.82, 2.24) is 35.7 Å². The number of aromatic nitrogens is 2. The van der Waals surface area contributed by atoms with Gasteiger partial charge in [-0.15, -0.1) is 11.3 Å². The molecule has 0 spiro atoms. The molecule has 5 heterocycles. The number of hydrogen-bond donors (Lipinski definition) is 4. The number of rotatable bonds is 16. The Balaban J connectivity index is 0.751. The van der Waals surface area contributed by atoms with Crippen molar-refractivity contribution in [2.24, 2.45) is 5.41 Å². The van der Waals surface area contributed by atoms with E-state index in [9.17, 15) is 24.3 Å². The quantitative estimate of drug-likeness (QED) is 0.0938. The second kappa shape index (κ2) is 20.3. The molecule has 8 rings (SSSR count). The number of aliphatic hydroxyl groups is 1. The number of likely N-dealkylation sites (tertiary alicyclic amines) is 2. The largest absolute Gasteiger partial charge is 0.490 e. The Morgan fingerprint density at radius 3 is 2.39 bits per heavy atom. The number of nitrogens with one attached hydrogen (secondary N) is 3. The van der Waals surface area contributed by atoms with E-state index in [0.29, 0.717) is 53.2 Å². The molecule has 4 aliphatic rings. The average Bonchev–Trinajstić information content (AvgIpc) is 4.10. The number of fused-ring (bicyclic) bond motifs is 2. The van der Waals surface area contributed by atoms with Crippen molar-refractivity contribution in [2.75, 3.05) is 31.1 Å². The lowest BCUT2D eigenvalue weighted by Gasteiger charge is -2.36. The smallest absolute Gasteiger partial charge is 0.253 e. The van der Waals surface area contributed by atoms with Crippen molar-refractivity contribution in [2.45, 2.75) is 128 Å². The molecule has 3 saturated heterocycles. The first kappa shape index (κ1) is 47.9. The van der Waals surface area contributed by atoms with Gasteiger partial charge in [0.15, 0.2) is 0 Å². The van der Waals surface area contributed by atoms with Crippen molar-refractivity contribution >= 4 is 52.4 Å². The zero-order valence-electron chi connectivity index (χ0n) is 38.7. The fourth-order valence-electron chi connectivity index (χ4n) is 9.74. The standard InChI is InChI=1S/C50H60ClN9O6S/c1-29(31-9-11-32(12-10-31)45-30(2)54-28-67-45)55-48(64)42-21-38(61)27-60(42)49(65)46(50(3,4)5)57-44(62)8-6-7-17-58-25-37-20-36(58)26-59(37)43-16-14-34(24-53-43)47(63)56-35-18-40(19-35)66-39-15-13-33(23-52)41(51)22-39/h9-16,22,24,28-29,35-38,40,42,46,61H,6-8,17-21,25-27H2,1-5H3,(H,55,64)(H,56,63)(H,57,62)/t29-,35-,36-,37-,38+,40-,42-,46+/m0/s1. The number of thiazole rings is 1. The number of carbonyl (C=O) groups excluding carboxylic acids is 4. The van der Waals surface area contributed by atoms with E-state index in [1.165, 1.54) is 4.90 Å². The zero-order chi connectivity index (χ0) is 47.6. The number of halogens is 1. The van der Waals surface area contributed by atoms with Crippen molar-refractivity contribution in [3.05, 3.63) is 93.7 Å². The van der Waals surface area contributed by atoms with Crippen molar-refractivity contribution in [3.8, 4) is 22.3 Å². The van der Waals surface area contributed by atoms with Crippen LogP contribution < -0.4 is 25.6 Å². The lowest BCUT2D eigenvalue weighted by atomic mass is 9.85. The van der Waals surface area contributed by atoms with Gasteiger partial charge < -0.3 is 35.6 Å². The van der Waals surface area contributed by atoms with Gasteiger partial charge in [-0.2, -0.15) is 5.26 Å². The minimum Gasteiger partial charge on any atom is -0.490 e. The number of β-amino-alcohol motifs (C(OH)–C–C–N with tert-alkyl or cyclic N) is 1. The Bertz CT molecular complexity index is 2480. The number of aliphatic hydroxyl groups excluding tert-OH is 1. The molecule has 4 amide bonds. The first-order chi connectivity index (χ1) is 32.0. The van der Waals surface area contributed by atoms with E-state index in [1.807, 2.05) is 82.6 Å². The Kier molecular flexibility index (Phi) is 14.5. The number of benzene rings is 2. The average molecular weight is 951 g/mol. The van der Waals surface area contributed by atoms with Gasteiger partial charge >= 0.3 is 0 Å². The van der Waals surface area contributed by atoms with E-state index >= 15 is 0 Å². The summed E-state index contributed by atoms with van der Waals surface area (Å²) in [5.41, 5.74) is 5.03. The third-order valence-corrected chi connectivity index (χ3v) is 14.9. The van der Waals surface area contributed by atoms with Gasteiger partial charge in [0.25, 0.3) is 5.91 Å². The molecular weight excluding hydrogens is 890 g/mol. The van der Waals surface area contributed by atoms with E-state index in [4.69, 9.17) is 21.6 Å². The van der Waals surface area contributed by atoms with Gasteiger partial charge in [-0.3, -0.25) is 24.1 Å². The first-order valence-corrected chi connectivity index (χ1v) is 24.5. The van der Waals surface area contributed by atoms with Crippen LogP contribution in [0.1, 0.15) is 106 Å². The summed E-state index contributed by atoms with van der Waals surface area (Å²) in [4.78, 5) is 70.6. The highest BCUT2D eigenvalue weighted by Gasteiger charge is 2.46. The molecule has 67 heavy (non-hydrogen) atoms. The molecule has 2 bridgehead atoms. The third-order valence-electron chi connectivity index (χ3n) is 13.6. The van der Waals surface area contributed by atoms with Crippen LogP contribution >= 0.6 is 22.9 Å². The molecule has 4 N–H and O–H groups in total. The number of aryl methyl sites for hydroxylation is 1. The van der Waals surface area contributed by atoms with Crippen LogP contribution in [0.2, 0.25) is 5.02 Å². The van der Waals surface area contributed by atoms with E-state index in [2.05, 4.69) is 35.7 Å². The lowest BCUT2D eigenvalue weighted by Crippen LogP contribution is -2.57. The number of ether oxygens (including phenoxy) is 1. The molecule has 17 heteroatoms. The number of nitriles is 1. The molecule has 1 aliphatic carbocycles. The minimum absolute atomic E-state index is 0.000524. The second-order valence-corrected chi connectivity index (χ2v) is 20.8. The molecule has 2 aromatic heterocycles. The number of piperazine rings is 1. The van der Waals surface area contributed by atoms with Crippen LogP contribution in [-0.4, -0.2) is 117 Å². The zero-order valence-corrected chi connectivity index (χ0v) is 40.3. The SMILES string of the molecule is Cc1ncsc1-c1ccc([C@H](C)NC(=O)[C@@H]2C[C@@H](O)CN2C(=O)[C@@H](NC(=O)CCCCN2C[C@@H]3C[C@H]2CN3c2ccc(C(=O)N[C@H]3C[C@H](Oc4ccc(C#N)c(Cl)c4)C3)cn2)C(C)(C)C)cc1. The molecule has 0 radical (unpaired) electrons. The van der Waals surface area contributed by atoms with E-state index in [1.54, 1.807) is 35.7 Å². The molecule has 6 atom stereocenters. The van der Waals surface area contributed by atoms with Gasteiger partial charge in [0.2, 0.25) is 17.7 Å². The predicted molar refractivity (Wildman–Crippen MR) is 257 cm³/mol. The van der Waals surface area contributed by atoms with Crippen molar-refractivity contribution in [3.63, 3.8) is 0 Å². The van der Waals surface area contributed by atoms with E-state index in [0.717, 1.165) is 60.0 Å². The molecule has 354 valence electrons. The summed E-state index contributed by atoms with van der Waals surface area (Å²) in [5.74, 6) is 0.363. The van der Waals surface area contributed by atoms with Gasteiger partial charge in [0.05, 0.1) is 44.4 Å². The molecule has 15 nitrogen and oxygen atoms in total. The number of carbonyl (C=O) groups is 4. The maximum Gasteiger partial charge on any atom is 0.253 e. The number of amides is 4. The van der Waals surface area contributed by atoms with Crippen LogP contribution in [0.5, 0.6) is 5.75 Å². The van der Waals surface area contributed by atoms with Crippen LogP contribution in [0.4, 0.5) is 5.82 Å². The second-order valence-electron chi connectivity index (χ2n) is 19.6.